The fourth-order valence-electron chi connectivity index (χ4n) is 3.59. The summed E-state index contributed by atoms with van der Waals surface area (Å²) in [6.07, 6.45) is 0. The summed E-state index contributed by atoms with van der Waals surface area (Å²) >= 11 is 0. The third kappa shape index (κ3) is 3.05. The molecule has 1 heterocycles. The highest BCUT2D eigenvalue weighted by Gasteiger charge is 2.18. The number of amides is 1. The first-order valence-corrected chi connectivity index (χ1v) is 9.16. The minimum Gasteiger partial charge on any atom is -0.331 e. The van der Waals surface area contributed by atoms with Crippen molar-refractivity contribution in [3.63, 3.8) is 0 Å². The highest BCUT2D eigenvalue weighted by Crippen LogP contribution is 2.21. The Morgan fingerprint density at radius 1 is 0.893 bits per heavy atom. The van der Waals surface area contributed by atoms with E-state index in [-0.39, 0.29) is 23.7 Å². The van der Waals surface area contributed by atoms with Gasteiger partial charge < -0.3 is 9.47 Å². The second-order valence-electron chi connectivity index (χ2n) is 6.56. The van der Waals surface area contributed by atoms with Crippen LogP contribution in [0.4, 0.5) is 10.1 Å². The molecule has 0 atom stereocenters. The summed E-state index contributed by atoms with van der Waals surface area (Å²) in [6.45, 7) is 2.41. The molecule has 1 aromatic heterocycles. The molecule has 0 N–H and O–H groups in total. The monoisotopic (exact) mass is 374 g/mol. The number of pyridine rings is 1. The highest BCUT2D eigenvalue weighted by molar-refractivity contribution is 5.98. The molecular formula is C23H19FN2O2. The van der Waals surface area contributed by atoms with Gasteiger partial charge >= 0.3 is 0 Å². The summed E-state index contributed by atoms with van der Waals surface area (Å²) in [5.41, 5.74) is 2.04. The number of halogens is 1. The zero-order chi connectivity index (χ0) is 19.7. The van der Waals surface area contributed by atoms with E-state index < -0.39 is 0 Å². The van der Waals surface area contributed by atoms with Crippen LogP contribution in [0.15, 0.2) is 77.6 Å². The molecule has 0 saturated heterocycles. The molecule has 0 fully saturated rings. The van der Waals surface area contributed by atoms with Crippen LogP contribution >= 0.6 is 0 Å². The molecule has 0 saturated carbocycles. The Labute approximate surface area is 161 Å². The van der Waals surface area contributed by atoms with Crippen molar-refractivity contribution in [2.24, 2.45) is 0 Å². The van der Waals surface area contributed by atoms with Crippen LogP contribution in [0.2, 0.25) is 0 Å². The maximum Gasteiger partial charge on any atom is 0.246 e. The van der Waals surface area contributed by atoms with E-state index in [9.17, 15) is 14.0 Å². The van der Waals surface area contributed by atoms with Gasteiger partial charge in [0.15, 0.2) is 5.43 Å². The van der Waals surface area contributed by atoms with Gasteiger partial charge in [-0.2, -0.15) is 0 Å². The van der Waals surface area contributed by atoms with E-state index in [1.165, 1.54) is 12.1 Å². The van der Waals surface area contributed by atoms with Crippen LogP contribution in [0.5, 0.6) is 0 Å². The number of anilines is 1. The van der Waals surface area contributed by atoms with Gasteiger partial charge in [0.05, 0.1) is 11.0 Å². The fourth-order valence-corrected chi connectivity index (χ4v) is 3.59. The lowest BCUT2D eigenvalue weighted by molar-refractivity contribution is -0.119. The van der Waals surface area contributed by atoms with Crippen molar-refractivity contribution in [1.82, 2.24) is 4.57 Å². The van der Waals surface area contributed by atoms with Crippen LogP contribution in [0.25, 0.3) is 21.8 Å². The SMILES string of the molecule is CCN(C(=O)Cn1c2ccccc2c(=O)c2ccccc21)c1ccc(F)cc1. The van der Waals surface area contributed by atoms with E-state index in [0.717, 1.165) is 11.0 Å². The van der Waals surface area contributed by atoms with Gasteiger partial charge in [-0.15, -0.1) is 0 Å². The third-order valence-corrected chi connectivity index (χ3v) is 4.93. The number of aromatic nitrogens is 1. The summed E-state index contributed by atoms with van der Waals surface area (Å²) in [5.74, 6) is -0.474. The molecule has 0 aliphatic carbocycles. The van der Waals surface area contributed by atoms with Gasteiger partial charge in [-0.3, -0.25) is 9.59 Å². The zero-order valence-electron chi connectivity index (χ0n) is 15.4. The highest BCUT2D eigenvalue weighted by atomic mass is 19.1. The molecule has 0 radical (unpaired) electrons. The van der Waals surface area contributed by atoms with Crippen LogP contribution in [-0.4, -0.2) is 17.0 Å². The average Bonchev–Trinajstić information content (AvgIpc) is 2.73. The van der Waals surface area contributed by atoms with Crippen molar-refractivity contribution in [2.45, 2.75) is 13.5 Å². The van der Waals surface area contributed by atoms with Crippen molar-refractivity contribution in [1.29, 1.82) is 0 Å². The van der Waals surface area contributed by atoms with Gasteiger partial charge in [-0.25, -0.2) is 4.39 Å². The summed E-state index contributed by atoms with van der Waals surface area (Å²) in [5, 5.41) is 1.16. The Balaban J connectivity index is 1.84. The number of likely N-dealkylation sites (N-methyl/N-ethyl adjacent to an activating group) is 1. The third-order valence-electron chi connectivity index (χ3n) is 4.93. The summed E-state index contributed by atoms with van der Waals surface area (Å²) in [4.78, 5) is 27.6. The Morgan fingerprint density at radius 2 is 1.43 bits per heavy atom. The van der Waals surface area contributed by atoms with E-state index >= 15 is 0 Å². The molecule has 4 nitrogen and oxygen atoms in total. The van der Waals surface area contributed by atoms with Gasteiger partial charge in [-0.1, -0.05) is 24.3 Å². The van der Waals surface area contributed by atoms with Crippen molar-refractivity contribution >= 4 is 33.4 Å². The van der Waals surface area contributed by atoms with Crippen molar-refractivity contribution in [3.05, 3.63) is 88.8 Å². The topological polar surface area (TPSA) is 42.3 Å². The first kappa shape index (κ1) is 17.9. The van der Waals surface area contributed by atoms with E-state index in [1.54, 1.807) is 29.2 Å². The molecule has 1 amide bonds. The fraction of sp³-hybridized carbons (Fsp3) is 0.130. The molecule has 0 aliphatic heterocycles. The normalized spacial score (nSPS) is 11.1. The largest absolute Gasteiger partial charge is 0.331 e. The Kier molecular flexibility index (Phi) is 4.65. The maximum absolute atomic E-state index is 13.3. The van der Waals surface area contributed by atoms with Crippen LogP contribution in [0.1, 0.15) is 6.92 Å². The molecule has 3 aromatic carbocycles. The molecule has 28 heavy (non-hydrogen) atoms. The number of benzene rings is 3. The van der Waals surface area contributed by atoms with Crippen LogP contribution in [0, 0.1) is 5.82 Å². The number of carbonyl (C=O) groups is 1. The number of para-hydroxylation sites is 2. The second kappa shape index (κ2) is 7.27. The molecule has 0 spiro atoms. The van der Waals surface area contributed by atoms with E-state index in [0.29, 0.717) is 23.0 Å². The number of fused-ring (bicyclic) bond motifs is 2. The zero-order valence-corrected chi connectivity index (χ0v) is 15.4. The van der Waals surface area contributed by atoms with Crippen LogP contribution in [0.3, 0.4) is 0 Å². The lowest BCUT2D eigenvalue weighted by Gasteiger charge is -2.23. The quantitative estimate of drug-likeness (QED) is 0.499. The molecule has 0 aliphatic rings. The Morgan fingerprint density at radius 3 is 1.96 bits per heavy atom. The molecule has 4 rings (SSSR count). The molecule has 0 bridgehead atoms. The van der Waals surface area contributed by atoms with Gasteiger partial charge in [-0.05, 0) is 55.5 Å². The van der Waals surface area contributed by atoms with Gasteiger partial charge in [0.2, 0.25) is 5.91 Å². The lowest BCUT2D eigenvalue weighted by atomic mass is 10.1. The predicted octanol–water partition coefficient (Wildman–Crippen LogP) is 4.35. The van der Waals surface area contributed by atoms with Crippen LogP contribution in [-0.2, 0) is 11.3 Å². The second-order valence-corrected chi connectivity index (χ2v) is 6.56. The molecular weight excluding hydrogens is 355 g/mol. The number of hydrogen-bond acceptors (Lipinski definition) is 2. The van der Waals surface area contributed by atoms with Crippen molar-refractivity contribution in [3.8, 4) is 0 Å². The van der Waals surface area contributed by atoms with E-state index in [1.807, 2.05) is 47.9 Å². The number of nitrogens with zero attached hydrogens (tertiary/aromatic N) is 2. The van der Waals surface area contributed by atoms with Gasteiger partial charge in [0.1, 0.15) is 12.4 Å². The number of rotatable bonds is 4. The number of hydrogen-bond donors (Lipinski definition) is 0. The maximum atomic E-state index is 13.3. The average molecular weight is 374 g/mol. The lowest BCUT2D eigenvalue weighted by Crippen LogP contribution is -2.34. The standard InChI is InChI=1S/C23H19FN2O2/c1-2-25(17-13-11-16(24)12-14-17)22(27)15-26-20-9-5-3-7-18(20)23(28)19-8-4-6-10-21(19)26/h3-14H,2,15H2,1H3. The Hall–Kier alpha value is -3.47. The summed E-state index contributed by atoms with van der Waals surface area (Å²) in [6, 6.07) is 20.5. The van der Waals surface area contributed by atoms with Crippen LogP contribution < -0.4 is 10.3 Å². The first-order valence-electron chi connectivity index (χ1n) is 9.16. The number of carbonyl (C=O) groups excluding carboxylic acids is 1. The predicted molar refractivity (Wildman–Crippen MR) is 110 cm³/mol. The van der Waals surface area contributed by atoms with E-state index in [4.69, 9.17) is 0 Å². The first-order chi connectivity index (χ1) is 13.6. The van der Waals surface area contributed by atoms with Gasteiger partial charge in [0, 0.05) is 23.0 Å². The summed E-state index contributed by atoms with van der Waals surface area (Å²) < 4.78 is 15.1. The van der Waals surface area contributed by atoms with Gasteiger partial charge in [0.25, 0.3) is 0 Å². The minimum absolute atomic E-state index is 0.0409. The molecule has 5 heteroatoms. The molecule has 0 unspecified atom stereocenters. The smallest absolute Gasteiger partial charge is 0.246 e. The molecule has 4 aromatic rings. The van der Waals surface area contributed by atoms with Crippen molar-refractivity contribution in [2.75, 3.05) is 11.4 Å². The minimum atomic E-state index is -0.343. The van der Waals surface area contributed by atoms with E-state index in [2.05, 4.69) is 0 Å². The van der Waals surface area contributed by atoms with Crippen molar-refractivity contribution < 1.29 is 9.18 Å². The molecule has 140 valence electrons. The Bertz CT molecular complexity index is 1170. The summed E-state index contributed by atoms with van der Waals surface area (Å²) in [7, 11) is 0.